The van der Waals surface area contributed by atoms with Gasteiger partial charge in [-0.1, -0.05) is 0 Å². The maximum atomic E-state index is 12.5. The van der Waals surface area contributed by atoms with Crippen LogP contribution in [0.1, 0.15) is 6.92 Å². The fraction of sp³-hybridized carbons (Fsp3) is 0.455. The minimum absolute atomic E-state index is 0.165. The highest BCUT2D eigenvalue weighted by Gasteiger charge is 2.32. The topological polar surface area (TPSA) is 128 Å². The monoisotopic (exact) mass is 318 g/mol. The van der Waals surface area contributed by atoms with Crippen LogP contribution in [0.3, 0.4) is 0 Å². The molecule has 1 aromatic carbocycles. The molecule has 1 unspecified atom stereocenters. The normalized spacial score (nSPS) is 13.2. The molecule has 118 valence electrons. The number of rotatable bonds is 7. The Morgan fingerprint density at radius 1 is 1.52 bits per heavy atom. The van der Waals surface area contributed by atoms with Crippen LogP contribution in [0.15, 0.2) is 23.1 Å². The van der Waals surface area contributed by atoms with Crippen molar-refractivity contribution in [1.82, 2.24) is 4.31 Å². The first kappa shape index (κ1) is 17.3. The van der Waals surface area contributed by atoms with Crippen LogP contribution in [0.5, 0.6) is 0 Å². The van der Waals surface area contributed by atoms with E-state index in [1.54, 1.807) is 6.92 Å². The summed E-state index contributed by atoms with van der Waals surface area (Å²) in [4.78, 5) is 9.86. The predicted octanol–water partition coefficient (Wildman–Crippen LogP) is 0.536. The van der Waals surface area contributed by atoms with Crippen LogP contribution in [-0.4, -0.2) is 44.5 Å². The summed E-state index contributed by atoms with van der Waals surface area (Å²) in [5.74, 6) is 5.22. The second kappa shape index (κ2) is 6.80. The maximum Gasteiger partial charge on any atom is 0.289 e. The van der Waals surface area contributed by atoms with Gasteiger partial charge in [0.2, 0.25) is 10.0 Å². The first-order valence-electron chi connectivity index (χ1n) is 5.97. The molecule has 0 saturated carbocycles. The standard InChI is InChI=1S/C11H18N4O5S/c1-8(7-20-3)14(2)21(18,19)11-6-9(13-12)4-5-10(11)15(16)17/h4-6,8,13H,7,12H2,1-3H3. The molecule has 1 atom stereocenters. The maximum absolute atomic E-state index is 12.5. The van der Waals surface area contributed by atoms with Gasteiger partial charge in [-0.2, -0.15) is 4.31 Å². The average molecular weight is 318 g/mol. The fourth-order valence-corrected chi connectivity index (χ4v) is 3.23. The lowest BCUT2D eigenvalue weighted by atomic mass is 10.3. The van der Waals surface area contributed by atoms with Gasteiger partial charge in [0.1, 0.15) is 0 Å². The second-order valence-electron chi connectivity index (χ2n) is 4.41. The number of methoxy groups -OCH3 is 1. The van der Waals surface area contributed by atoms with E-state index in [-0.39, 0.29) is 12.3 Å². The van der Waals surface area contributed by atoms with Gasteiger partial charge in [0, 0.05) is 26.3 Å². The van der Waals surface area contributed by atoms with E-state index in [1.165, 1.54) is 20.2 Å². The number of hydrogen-bond donors (Lipinski definition) is 2. The van der Waals surface area contributed by atoms with Crippen molar-refractivity contribution in [2.24, 2.45) is 5.84 Å². The number of nitrogen functional groups attached to an aromatic ring is 1. The summed E-state index contributed by atoms with van der Waals surface area (Å²) in [6, 6.07) is 3.07. The van der Waals surface area contributed by atoms with Gasteiger partial charge >= 0.3 is 0 Å². The number of ether oxygens (including phenoxy) is 1. The third-order valence-electron chi connectivity index (χ3n) is 3.01. The number of benzene rings is 1. The summed E-state index contributed by atoms with van der Waals surface area (Å²) in [7, 11) is -1.27. The highest BCUT2D eigenvalue weighted by atomic mass is 32.2. The molecular formula is C11H18N4O5S. The molecule has 0 saturated heterocycles. The molecule has 0 radical (unpaired) electrons. The molecule has 9 nitrogen and oxygen atoms in total. The average Bonchev–Trinajstić information content (AvgIpc) is 2.45. The summed E-state index contributed by atoms with van der Waals surface area (Å²) in [5, 5.41) is 11.0. The molecule has 1 rings (SSSR count). The number of nitro groups is 1. The SMILES string of the molecule is COCC(C)N(C)S(=O)(=O)c1cc(NN)ccc1[N+](=O)[O-]. The predicted molar refractivity (Wildman–Crippen MR) is 77.2 cm³/mol. The van der Waals surface area contributed by atoms with Crippen LogP contribution in [0.4, 0.5) is 11.4 Å². The summed E-state index contributed by atoms with van der Waals surface area (Å²) in [5.41, 5.74) is 2.02. The van der Waals surface area contributed by atoms with Crippen molar-refractivity contribution in [3.05, 3.63) is 28.3 Å². The summed E-state index contributed by atoms with van der Waals surface area (Å²) in [6.45, 7) is 1.80. The third kappa shape index (κ3) is 3.67. The van der Waals surface area contributed by atoms with Crippen LogP contribution in [-0.2, 0) is 14.8 Å². The van der Waals surface area contributed by atoms with Gasteiger partial charge in [0.05, 0.1) is 17.2 Å². The number of hydrogen-bond acceptors (Lipinski definition) is 7. The van der Waals surface area contributed by atoms with Gasteiger partial charge in [0.15, 0.2) is 4.90 Å². The minimum atomic E-state index is -4.05. The zero-order valence-electron chi connectivity index (χ0n) is 11.9. The molecule has 21 heavy (non-hydrogen) atoms. The van der Waals surface area contributed by atoms with E-state index in [9.17, 15) is 18.5 Å². The van der Waals surface area contributed by atoms with Crippen molar-refractivity contribution in [3.8, 4) is 0 Å². The van der Waals surface area contributed by atoms with Crippen LogP contribution in [0.2, 0.25) is 0 Å². The Balaban J connectivity index is 3.38. The highest BCUT2D eigenvalue weighted by molar-refractivity contribution is 7.89. The van der Waals surface area contributed by atoms with E-state index in [4.69, 9.17) is 10.6 Å². The first-order chi connectivity index (χ1) is 9.75. The van der Waals surface area contributed by atoms with Crippen molar-refractivity contribution in [3.63, 3.8) is 0 Å². The van der Waals surface area contributed by atoms with E-state index in [1.807, 2.05) is 0 Å². The van der Waals surface area contributed by atoms with E-state index < -0.39 is 31.6 Å². The largest absolute Gasteiger partial charge is 0.383 e. The van der Waals surface area contributed by atoms with Gasteiger partial charge in [-0.3, -0.25) is 16.0 Å². The molecule has 0 heterocycles. The van der Waals surface area contributed by atoms with E-state index in [0.29, 0.717) is 0 Å². The number of anilines is 1. The number of sulfonamides is 1. The van der Waals surface area contributed by atoms with Crippen LogP contribution >= 0.6 is 0 Å². The Labute approximate surface area is 122 Å². The molecule has 0 aliphatic heterocycles. The lowest BCUT2D eigenvalue weighted by molar-refractivity contribution is -0.387. The molecule has 0 spiro atoms. The fourth-order valence-electron chi connectivity index (χ4n) is 1.70. The van der Waals surface area contributed by atoms with Gasteiger partial charge in [-0.25, -0.2) is 8.42 Å². The van der Waals surface area contributed by atoms with Gasteiger partial charge in [-0.15, -0.1) is 0 Å². The summed E-state index contributed by atoms with van der Waals surface area (Å²) in [6.07, 6.45) is 0. The molecule has 0 amide bonds. The van der Waals surface area contributed by atoms with Crippen molar-refractivity contribution >= 4 is 21.4 Å². The highest BCUT2D eigenvalue weighted by Crippen LogP contribution is 2.29. The zero-order chi connectivity index (χ0) is 16.2. The van der Waals surface area contributed by atoms with Crippen molar-refractivity contribution in [1.29, 1.82) is 0 Å². The molecular weight excluding hydrogens is 300 g/mol. The van der Waals surface area contributed by atoms with E-state index >= 15 is 0 Å². The Morgan fingerprint density at radius 2 is 2.14 bits per heavy atom. The lowest BCUT2D eigenvalue weighted by Gasteiger charge is -2.23. The summed E-state index contributed by atoms with van der Waals surface area (Å²) < 4.78 is 31.0. The number of nitrogens with zero attached hydrogens (tertiary/aromatic N) is 2. The van der Waals surface area contributed by atoms with Gasteiger partial charge in [0.25, 0.3) is 5.69 Å². The molecule has 10 heteroatoms. The van der Waals surface area contributed by atoms with Crippen LogP contribution in [0.25, 0.3) is 0 Å². The molecule has 0 bridgehead atoms. The van der Waals surface area contributed by atoms with E-state index in [2.05, 4.69) is 5.43 Å². The minimum Gasteiger partial charge on any atom is -0.383 e. The molecule has 1 aromatic rings. The van der Waals surface area contributed by atoms with E-state index in [0.717, 1.165) is 16.4 Å². The number of nitrogens with one attached hydrogen (secondary N) is 1. The van der Waals surface area contributed by atoms with Gasteiger partial charge < -0.3 is 10.2 Å². The van der Waals surface area contributed by atoms with Crippen molar-refractivity contribution in [2.45, 2.75) is 17.9 Å². The van der Waals surface area contributed by atoms with Crippen LogP contribution < -0.4 is 11.3 Å². The molecule has 0 aliphatic carbocycles. The van der Waals surface area contributed by atoms with Crippen molar-refractivity contribution in [2.75, 3.05) is 26.2 Å². The van der Waals surface area contributed by atoms with Crippen molar-refractivity contribution < 1.29 is 18.1 Å². The Kier molecular flexibility index (Phi) is 5.61. The molecule has 0 aromatic heterocycles. The number of hydrazine groups is 1. The Morgan fingerprint density at radius 3 is 2.62 bits per heavy atom. The molecule has 3 N–H and O–H groups in total. The quantitative estimate of drug-likeness (QED) is 0.426. The van der Waals surface area contributed by atoms with Crippen LogP contribution in [0, 0.1) is 10.1 Å². The zero-order valence-corrected chi connectivity index (χ0v) is 12.8. The Hall–Kier alpha value is -1.75. The first-order valence-corrected chi connectivity index (χ1v) is 7.41. The third-order valence-corrected chi connectivity index (χ3v) is 5.01. The smallest absolute Gasteiger partial charge is 0.289 e. The number of likely N-dealkylation sites (N-methyl/N-ethyl adjacent to an activating group) is 1. The summed E-state index contributed by atoms with van der Waals surface area (Å²) >= 11 is 0. The lowest BCUT2D eigenvalue weighted by Crippen LogP contribution is -2.38. The number of nitrogens with two attached hydrogens (primary N) is 1. The Bertz CT molecular complexity index is 619. The number of nitro benzene ring substituents is 1. The molecule has 0 fully saturated rings. The van der Waals surface area contributed by atoms with Gasteiger partial charge in [-0.05, 0) is 19.1 Å². The second-order valence-corrected chi connectivity index (χ2v) is 6.38. The molecule has 0 aliphatic rings.